The summed E-state index contributed by atoms with van der Waals surface area (Å²) in [6.45, 7) is 3.79. The summed E-state index contributed by atoms with van der Waals surface area (Å²) in [4.78, 5) is 11.3. The van der Waals surface area contributed by atoms with Crippen molar-refractivity contribution in [1.29, 1.82) is 0 Å². The van der Waals surface area contributed by atoms with Crippen molar-refractivity contribution in [3.63, 3.8) is 0 Å². The van der Waals surface area contributed by atoms with Crippen LogP contribution in [0.15, 0.2) is 0 Å². The van der Waals surface area contributed by atoms with E-state index in [4.69, 9.17) is 5.73 Å². The van der Waals surface area contributed by atoms with Crippen molar-refractivity contribution >= 4 is 16.7 Å². The molecule has 0 radical (unpaired) electrons. The first-order valence-corrected chi connectivity index (χ1v) is 6.53. The molecule has 0 aromatic rings. The van der Waals surface area contributed by atoms with E-state index < -0.39 is 10.8 Å². The van der Waals surface area contributed by atoms with Gasteiger partial charge in [0.15, 0.2) is 0 Å². The maximum atomic E-state index is 11.3. The highest BCUT2D eigenvalue weighted by molar-refractivity contribution is 7.84. The van der Waals surface area contributed by atoms with Gasteiger partial charge in [0.25, 0.3) is 0 Å². The van der Waals surface area contributed by atoms with Gasteiger partial charge >= 0.3 is 0 Å². The Hall–Kier alpha value is -0.420. The summed E-state index contributed by atoms with van der Waals surface area (Å²) in [5, 5.41) is 2.76. The van der Waals surface area contributed by atoms with Crippen molar-refractivity contribution in [2.75, 3.05) is 12.0 Å². The van der Waals surface area contributed by atoms with Crippen LogP contribution in [0.3, 0.4) is 0 Å². The first kappa shape index (κ1) is 13.6. The van der Waals surface area contributed by atoms with Gasteiger partial charge in [-0.25, -0.2) is 0 Å². The Morgan fingerprint density at radius 1 is 1.57 bits per heavy atom. The number of rotatable bonds is 6. The van der Waals surface area contributed by atoms with Gasteiger partial charge in [0.2, 0.25) is 5.91 Å². The van der Waals surface area contributed by atoms with Crippen molar-refractivity contribution in [3.05, 3.63) is 0 Å². The second-order valence-corrected chi connectivity index (χ2v) is 5.06. The maximum Gasteiger partial charge on any atom is 0.221 e. The molecule has 0 aromatic heterocycles. The Kier molecular flexibility index (Phi) is 6.74. The molecule has 0 aliphatic rings. The van der Waals surface area contributed by atoms with E-state index in [1.165, 1.54) is 0 Å². The number of hydrogen-bond donors (Lipinski definition) is 2. The van der Waals surface area contributed by atoms with Gasteiger partial charge in [-0.05, 0) is 13.3 Å². The summed E-state index contributed by atoms with van der Waals surface area (Å²) in [5.74, 6) is 0.435. The fraction of sp³-hybridized carbons (Fsp3) is 0.889. The first-order valence-electron chi connectivity index (χ1n) is 4.80. The number of carbonyl (C=O) groups is 1. The molecule has 0 rings (SSSR count). The number of amides is 1. The zero-order valence-corrected chi connectivity index (χ0v) is 9.89. The molecule has 1 amide bonds. The lowest BCUT2D eigenvalue weighted by Crippen LogP contribution is -2.39. The van der Waals surface area contributed by atoms with Crippen LogP contribution in [0.1, 0.15) is 26.7 Å². The second-order valence-electron chi connectivity index (χ2n) is 3.58. The van der Waals surface area contributed by atoms with Gasteiger partial charge in [-0.15, -0.1) is 0 Å². The van der Waals surface area contributed by atoms with Crippen molar-refractivity contribution in [2.24, 2.45) is 5.73 Å². The van der Waals surface area contributed by atoms with Crippen molar-refractivity contribution in [2.45, 2.75) is 38.8 Å². The minimum atomic E-state index is -0.873. The minimum absolute atomic E-state index is 0.0441. The van der Waals surface area contributed by atoms with Crippen LogP contribution in [0.25, 0.3) is 0 Å². The monoisotopic (exact) mass is 220 g/mol. The number of nitrogens with one attached hydrogen (secondary N) is 1. The molecule has 3 N–H and O–H groups in total. The lowest BCUT2D eigenvalue weighted by atomic mass is 10.1. The Morgan fingerprint density at radius 3 is 2.57 bits per heavy atom. The molecule has 5 heteroatoms. The summed E-state index contributed by atoms with van der Waals surface area (Å²) in [5.41, 5.74) is 5.63. The second kappa shape index (κ2) is 6.95. The van der Waals surface area contributed by atoms with Gasteiger partial charge in [0, 0.05) is 41.3 Å². The average Bonchev–Trinajstić information content (AvgIpc) is 2.01. The average molecular weight is 220 g/mol. The third-order valence-electron chi connectivity index (χ3n) is 1.86. The van der Waals surface area contributed by atoms with E-state index in [0.717, 1.165) is 6.42 Å². The van der Waals surface area contributed by atoms with Gasteiger partial charge in [-0.2, -0.15) is 0 Å². The molecule has 0 aliphatic heterocycles. The number of nitrogens with two attached hydrogens (primary N) is 1. The third kappa shape index (κ3) is 7.03. The smallest absolute Gasteiger partial charge is 0.221 e. The molecule has 0 saturated carbocycles. The summed E-state index contributed by atoms with van der Waals surface area (Å²) in [6.07, 6.45) is 2.76. The van der Waals surface area contributed by atoms with Crippen LogP contribution < -0.4 is 11.1 Å². The lowest BCUT2D eigenvalue weighted by molar-refractivity contribution is -0.121. The van der Waals surface area contributed by atoms with Crippen LogP contribution in [0.4, 0.5) is 0 Å². The normalized spacial score (nSPS) is 17.1. The SMILES string of the molecule is CCC(N)CC(=O)NC(C)CS(C)=O. The van der Waals surface area contributed by atoms with E-state index in [9.17, 15) is 9.00 Å². The van der Waals surface area contributed by atoms with Gasteiger partial charge in [0.05, 0.1) is 0 Å². The quantitative estimate of drug-likeness (QED) is 0.661. The highest BCUT2D eigenvalue weighted by atomic mass is 32.2. The molecular weight excluding hydrogens is 200 g/mol. The van der Waals surface area contributed by atoms with Crippen LogP contribution in [-0.2, 0) is 15.6 Å². The molecule has 0 saturated heterocycles. The van der Waals surface area contributed by atoms with Gasteiger partial charge in [0.1, 0.15) is 0 Å². The molecule has 0 bridgehead atoms. The highest BCUT2D eigenvalue weighted by Crippen LogP contribution is 1.94. The minimum Gasteiger partial charge on any atom is -0.353 e. The van der Waals surface area contributed by atoms with Crippen LogP contribution in [-0.4, -0.2) is 34.2 Å². The molecule has 84 valence electrons. The third-order valence-corrected chi connectivity index (χ3v) is 2.83. The summed E-state index contributed by atoms with van der Waals surface area (Å²) in [7, 11) is -0.873. The van der Waals surface area contributed by atoms with Gasteiger partial charge in [-0.3, -0.25) is 9.00 Å². The zero-order valence-electron chi connectivity index (χ0n) is 9.08. The van der Waals surface area contributed by atoms with E-state index in [0.29, 0.717) is 12.2 Å². The largest absolute Gasteiger partial charge is 0.353 e. The van der Waals surface area contributed by atoms with E-state index in [-0.39, 0.29) is 18.0 Å². The van der Waals surface area contributed by atoms with Crippen LogP contribution in [0.2, 0.25) is 0 Å². The predicted molar refractivity (Wildman–Crippen MR) is 59.4 cm³/mol. The Labute approximate surface area is 88.1 Å². The van der Waals surface area contributed by atoms with Gasteiger partial charge in [-0.1, -0.05) is 6.92 Å². The van der Waals surface area contributed by atoms with Crippen LogP contribution in [0.5, 0.6) is 0 Å². The van der Waals surface area contributed by atoms with Crippen LogP contribution >= 0.6 is 0 Å². The number of hydrogen-bond acceptors (Lipinski definition) is 3. The van der Waals surface area contributed by atoms with Crippen molar-refractivity contribution < 1.29 is 9.00 Å². The van der Waals surface area contributed by atoms with Crippen molar-refractivity contribution in [1.82, 2.24) is 5.32 Å². The summed E-state index contributed by atoms with van der Waals surface area (Å²) in [6, 6.07) is -0.119. The van der Waals surface area contributed by atoms with E-state index >= 15 is 0 Å². The molecule has 14 heavy (non-hydrogen) atoms. The van der Waals surface area contributed by atoms with Crippen molar-refractivity contribution in [3.8, 4) is 0 Å². The standard InChI is InChI=1S/C9H20N2O2S/c1-4-8(10)5-9(12)11-7(2)6-14(3)13/h7-8H,4-6,10H2,1-3H3,(H,11,12). The van der Waals surface area contributed by atoms with E-state index in [2.05, 4.69) is 5.32 Å². The molecule has 4 nitrogen and oxygen atoms in total. The molecule has 3 unspecified atom stereocenters. The topological polar surface area (TPSA) is 72.2 Å². The molecule has 0 fully saturated rings. The zero-order chi connectivity index (χ0) is 11.1. The first-order chi connectivity index (χ1) is 6.45. The highest BCUT2D eigenvalue weighted by Gasteiger charge is 2.11. The summed E-state index contributed by atoms with van der Waals surface area (Å²) >= 11 is 0. The summed E-state index contributed by atoms with van der Waals surface area (Å²) < 4.78 is 10.8. The van der Waals surface area contributed by atoms with E-state index in [1.807, 2.05) is 13.8 Å². The molecule has 0 aromatic carbocycles. The predicted octanol–water partition coefficient (Wildman–Crippen LogP) is -0.00300. The Balaban J connectivity index is 3.76. The molecule has 0 heterocycles. The van der Waals surface area contributed by atoms with E-state index in [1.54, 1.807) is 6.26 Å². The lowest BCUT2D eigenvalue weighted by Gasteiger charge is -2.14. The Bertz CT molecular complexity index is 209. The molecule has 0 aliphatic carbocycles. The fourth-order valence-corrected chi connectivity index (χ4v) is 1.90. The fourth-order valence-electron chi connectivity index (χ4n) is 1.11. The molecule has 3 atom stereocenters. The number of carbonyl (C=O) groups excluding carboxylic acids is 1. The van der Waals surface area contributed by atoms with Crippen LogP contribution in [0, 0.1) is 0 Å². The van der Waals surface area contributed by atoms with Gasteiger partial charge < -0.3 is 11.1 Å². The molecule has 0 spiro atoms. The Morgan fingerprint density at radius 2 is 2.14 bits per heavy atom. The maximum absolute atomic E-state index is 11.3. The molecular formula is C9H20N2O2S.